The molecule has 2 heteroatoms. The maximum Gasteiger partial charge on any atom is 0.0159 e. The molecule has 0 aromatic heterocycles. The van der Waals surface area contributed by atoms with Crippen molar-refractivity contribution in [1.82, 2.24) is 4.90 Å². The summed E-state index contributed by atoms with van der Waals surface area (Å²) in [4.78, 5) is 2.56. The van der Waals surface area contributed by atoms with Gasteiger partial charge in [0.2, 0.25) is 0 Å². The highest BCUT2D eigenvalue weighted by Crippen LogP contribution is 2.02. The van der Waals surface area contributed by atoms with Gasteiger partial charge in [-0.2, -0.15) is 0 Å². The summed E-state index contributed by atoms with van der Waals surface area (Å²) in [5.41, 5.74) is 0. The van der Waals surface area contributed by atoms with Crippen molar-refractivity contribution in [2.75, 3.05) is 25.0 Å². The largest absolute Gasteiger partial charge is 0.303 e. The molecule has 0 aliphatic rings. The molecule has 0 unspecified atom stereocenters. The van der Waals surface area contributed by atoms with Gasteiger partial charge in [-0.3, -0.25) is 0 Å². The normalized spacial score (nSPS) is 11.1. The van der Waals surface area contributed by atoms with Crippen LogP contribution in [0.5, 0.6) is 0 Å². The van der Waals surface area contributed by atoms with Crippen LogP contribution in [0.3, 0.4) is 0 Å². The standard InChI is InChI=1S/C11H24BrN/c1-3-5-6-7-10-13(9-4-2)11-8-12/h3-11H2,1-2H3. The molecule has 0 aromatic rings. The van der Waals surface area contributed by atoms with Crippen molar-refractivity contribution < 1.29 is 0 Å². The quantitative estimate of drug-likeness (QED) is 0.445. The highest BCUT2D eigenvalue weighted by Gasteiger charge is 2.01. The minimum absolute atomic E-state index is 1.11. The van der Waals surface area contributed by atoms with Crippen molar-refractivity contribution in [2.45, 2.75) is 46.0 Å². The molecule has 0 spiro atoms. The molecule has 0 atom stereocenters. The molecule has 0 heterocycles. The predicted molar refractivity (Wildman–Crippen MR) is 64.7 cm³/mol. The van der Waals surface area contributed by atoms with Crippen LogP contribution in [0.1, 0.15) is 46.0 Å². The Hall–Kier alpha value is 0.440. The molecule has 13 heavy (non-hydrogen) atoms. The molecule has 80 valence electrons. The Bertz CT molecular complexity index is 90.1. The van der Waals surface area contributed by atoms with E-state index < -0.39 is 0 Å². The van der Waals surface area contributed by atoms with Crippen LogP contribution in [0, 0.1) is 0 Å². The number of nitrogens with zero attached hydrogens (tertiary/aromatic N) is 1. The summed E-state index contributed by atoms with van der Waals surface area (Å²) in [6.07, 6.45) is 6.79. The average Bonchev–Trinajstić information content (AvgIpc) is 2.13. The highest BCUT2D eigenvalue weighted by atomic mass is 79.9. The molecule has 0 saturated heterocycles. The Morgan fingerprint density at radius 2 is 1.62 bits per heavy atom. The fourth-order valence-corrected chi connectivity index (χ4v) is 2.03. The van der Waals surface area contributed by atoms with E-state index in [1.807, 2.05) is 0 Å². The highest BCUT2D eigenvalue weighted by molar-refractivity contribution is 9.09. The first-order chi connectivity index (χ1) is 6.35. The van der Waals surface area contributed by atoms with E-state index in [1.54, 1.807) is 0 Å². The van der Waals surface area contributed by atoms with Gasteiger partial charge in [-0.25, -0.2) is 0 Å². The van der Waals surface area contributed by atoms with Crippen LogP contribution in [0.2, 0.25) is 0 Å². The number of hydrogen-bond donors (Lipinski definition) is 0. The van der Waals surface area contributed by atoms with E-state index in [-0.39, 0.29) is 0 Å². The van der Waals surface area contributed by atoms with Crippen LogP contribution >= 0.6 is 15.9 Å². The zero-order valence-corrected chi connectivity index (χ0v) is 10.8. The third-order valence-electron chi connectivity index (χ3n) is 2.27. The van der Waals surface area contributed by atoms with Crippen molar-refractivity contribution in [3.05, 3.63) is 0 Å². The number of unbranched alkanes of at least 4 members (excludes halogenated alkanes) is 3. The molecular formula is C11H24BrN. The van der Waals surface area contributed by atoms with E-state index in [2.05, 4.69) is 34.7 Å². The Morgan fingerprint density at radius 1 is 0.846 bits per heavy atom. The van der Waals surface area contributed by atoms with E-state index >= 15 is 0 Å². The molecular weight excluding hydrogens is 226 g/mol. The van der Waals surface area contributed by atoms with Crippen LogP contribution in [-0.2, 0) is 0 Å². The van der Waals surface area contributed by atoms with Gasteiger partial charge in [0.15, 0.2) is 0 Å². The second-order valence-electron chi connectivity index (χ2n) is 3.59. The first-order valence-corrected chi connectivity index (χ1v) is 6.75. The molecule has 0 amide bonds. The minimum atomic E-state index is 1.11. The number of hydrogen-bond acceptors (Lipinski definition) is 1. The summed E-state index contributed by atoms with van der Waals surface area (Å²) in [6, 6.07) is 0. The lowest BCUT2D eigenvalue weighted by atomic mass is 10.2. The second kappa shape index (κ2) is 10.5. The van der Waals surface area contributed by atoms with Gasteiger partial charge < -0.3 is 4.90 Å². The maximum atomic E-state index is 3.50. The van der Waals surface area contributed by atoms with Gasteiger partial charge in [0.1, 0.15) is 0 Å². The van der Waals surface area contributed by atoms with Gasteiger partial charge in [0.25, 0.3) is 0 Å². The van der Waals surface area contributed by atoms with Crippen LogP contribution in [-0.4, -0.2) is 29.9 Å². The Kier molecular flexibility index (Phi) is 10.9. The van der Waals surface area contributed by atoms with Gasteiger partial charge in [-0.15, -0.1) is 0 Å². The molecule has 0 radical (unpaired) electrons. The Balaban J connectivity index is 3.33. The lowest BCUT2D eigenvalue weighted by Gasteiger charge is -2.20. The van der Waals surface area contributed by atoms with Crippen LogP contribution in [0.4, 0.5) is 0 Å². The summed E-state index contributed by atoms with van der Waals surface area (Å²) >= 11 is 3.50. The van der Waals surface area contributed by atoms with Gasteiger partial charge >= 0.3 is 0 Å². The van der Waals surface area contributed by atoms with Crippen LogP contribution < -0.4 is 0 Å². The van der Waals surface area contributed by atoms with Crippen molar-refractivity contribution >= 4 is 15.9 Å². The van der Waals surface area contributed by atoms with E-state index in [4.69, 9.17) is 0 Å². The summed E-state index contributed by atoms with van der Waals surface area (Å²) < 4.78 is 0. The number of rotatable bonds is 9. The lowest BCUT2D eigenvalue weighted by molar-refractivity contribution is 0.284. The molecule has 0 saturated carbocycles. The van der Waals surface area contributed by atoms with Gasteiger partial charge in [0.05, 0.1) is 0 Å². The summed E-state index contributed by atoms with van der Waals surface area (Å²) in [5, 5.41) is 1.11. The van der Waals surface area contributed by atoms with Crippen LogP contribution in [0.25, 0.3) is 0 Å². The molecule has 1 nitrogen and oxygen atoms in total. The SMILES string of the molecule is CCCCCCN(CCC)CCBr. The van der Waals surface area contributed by atoms with E-state index in [0.29, 0.717) is 0 Å². The Labute approximate surface area is 92.0 Å². The molecule has 0 rings (SSSR count). The summed E-state index contributed by atoms with van der Waals surface area (Å²) in [6.45, 7) is 8.28. The smallest absolute Gasteiger partial charge is 0.0159 e. The molecule has 0 aromatic carbocycles. The fraction of sp³-hybridized carbons (Fsp3) is 1.00. The van der Waals surface area contributed by atoms with Crippen molar-refractivity contribution in [3.63, 3.8) is 0 Å². The Morgan fingerprint density at radius 3 is 2.15 bits per heavy atom. The van der Waals surface area contributed by atoms with Gasteiger partial charge in [-0.1, -0.05) is 49.0 Å². The van der Waals surface area contributed by atoms with Crippen molar-refractivity contribution in [1.29, 1.82) is 0 Å². The molecule has 0 N–H and O–H groups in total. The lowest BCUT2D eigenvalue weighted by Crippen LogP contribution is -2.27. The average molecular weight is 250 g/mol. The zero-order valence-electron chi connectivity index (χ0n) is 9.19. The minimum Gasteiger partial charge on any atom is -0.303 e. The van der Waals surface area contributed by atoms with Gasteiger partial charge in [0, 0.05) is 11.9 Å². The third-order valence-corrected chi connectivity index (χ3v) is 2.62. The van der Waals surface area contributed by atoms with Crippen molar-refractivity contribution in [3.8, 4) is 0 Å². The van der Waals surface area contributed by atoms with E-state index in [0.717, 1.165) is 5.33 Å². The molecule has 0 aliphatic heterocycles. The summed E-state index contributed by atoms with van der Waals surface area (Å²) in [7, 11) is 0. The fourth-order valence-electron chi connectivity index (χ4n) is 1.53. The van der Waals surface area contributed by atoms with Gasteiger partial charge in [-0.05, 0) is 25.9 Å². The third kappa shape index (κ3) is 8.76. The zero-order chi connectivity index (χ0) is 9.94. The molecule has 0 fully saturated rings. The second-order valence-corrected chi connectivity index (χ2v) is 4.38. The number of halogens is 1. The summed E-state index contributed by atoms with van der Waals surface area (Å²) in [5.74, 6) is 0. The molecule has 0 bridgehead atoms. The van der Waals surface area contributed by atoms with Crippen LogP contribution in [0.15, 0.2) is 0 Å². The van der Waals surface area contributed by atoms with E-state index in [1.165, 1.54) is 51.7 Å². The molecule has 0 aliphatic carbocycles. The first kappa shape index (κ1) is 13.4. The maximum absolute atomic E-state index is 3.50. The van der Waals surface area contributed by atoms with Crippen molar-refractivity contribution in [2.24, 2.45) is 0 Å². The monoisotopic (exact) mass is 249 g/mol. The van der Waals surface area contributed by atoms with E-state index in [9.17, 15) is 0 Å². The topological polar surface area (TPSA) is 3.24 Å². The number of alkyl halides is 1. The predicted octanol–water partition coefficient (Wildman–Crippen LogP) is 3.67. The first-order valence-electron chi connectivity index (χ1n) is 5.63.